The summed E-state index contributed by atoms with van der Waals surface area (Å²) in [5, 5.41) is 20.6. The van der Waals surface area contributed by atoms with Gasteiger partial charge in [-0.25, -0.2) is 4.79 Å². The summed E-state index contributed by atoms with van der Waals surface area (Å²) in [5.41, 5.74) is 0.859. The van der Waals surface area contributed by atoms with Crippen LogP contribution in [0.25, 0.3) is 11.0 Å². The molecule has 0 amide bonds. The first kappa shape index (κ1) is 24.0. The number of methoxy groups -OCH3 is 1. The fourth-order valence-electron chi connectivity index (χ4n) is 3.65. The molecule has 0 radical (unpaired) electrons. The summed E-state index contributed by atoms with van der Waals surface area (Å²) in [6.07, 6.45) is 2.31. The Hall–Kier alpha value is -2.61. The molecular formula is C23H24Cl2N2O5. The summed E-state index contributed by atoms with van der Waals surface area (Å²) in [7, 11) is 1.48. The number of halogens is 2. The molecular weight excluding hydrogens is 455 g/mol. The van der Waals surface area contributed by atoms with Crippen molar-refractivity contribution in [1.82, 2.24) is 9.55 Å². The molecule has 3 aromatic rings. The number of carboxylic acids is 1. The fraction of sp³-hybridized carbons (Fsp3) is 0.348. The summed E-state index contributed by atoms with van der Waals surface area (Å²) in [5.74, 6) is -1.04. The van der Waals surface area contributed by atoms with Crippen LogP contribution in [0.1, 0.15) is 41.4 Å². The molecule has 0 aliphatic carbocycles. The van der Waals surface area contributed by atoms with Crippen LogP contribution in [-0.4, -0.2) is 39.5 Å². The van der Waals surface area contributed by atoms with E-state index in [0.29, 0.717) is 34.3 Å². The van der Waals surface area contributed by atoms with Gasteiger partial charge in [-0.3, -0.25) is 4.79 Å². The first-order valence-corrected chi connectivity index (χ1v) is 10.8. The lowest BCUT2D eigenvalue weighted by molar-refractivity contribution is 0.0694. The van der Waals surface area contributed by atoms with Gasteiger partial charge in [0.05, 0.1) is 35.2 Å². The molecule has 0 aliphatic rings. The monoisotopic (exact) mass is 478 g/mol. The van der Waals surface area contributed by atoms with E-state index in [-0.39, 0.29) is 29.1 Å². The number of aromatic carboxylic acids is 1. The SMILES string of the molecule is COc1nc2c(cc1CCc1ccc(Cl)c(Cl)c1)c(=O)c(C(=O)O)cn2[C@H](CO)C(C)C. The Morgan fingerprint density at radius 2 is 1.91 bits per heavy atom. The van der Waals surface area contributed by atoms with Gasteiger partial charge in [0.15, 0.2) is 0 Å². The molecule has 0 unspecified atom stereocenters. The Morgan fingerprint density at radius 1 is 1.19 bits per heavy atom. The number of carboxylic acid groups (broad SMARTS) is 1. The molecule has 1 aromatic carbocycles. The van der Waals surface area contributed by atoms with Crippen LogP contribution in [0.2, 0.25) is 10.0 Å². The van der Waals surface area contributed by atoms with E-state index in [2.05, 4.69) is 4.98 Å². The van der Waals surface area contributed by atoms with Crippen molar-refractivity contribution < 1.29 is 19.7 Å². The highest BCUT2D eigenvalue weighted by Crippen LogP contribution is 2.28. The molecule has 0 saturated heterocycles. The number of fused-ring (bicyclic) bond motifs is 1. The standard InChI is InChI=1S/C23H24Cl2N2O5/c1-12(2)19(11-28)27-10-16(23(30)31)20(29)15-9-14(22(32-3)26-21(15)27)6-4-13-5-7-17(24)18(25)8-13/h5,7-10,12,19,28H,4,6,11H2,1-3H3,(H,30,31)/t19-/m1/s1. The molecule has 2 aromatic heterocycles. The molecule has 7 nitrogen and oxygen atoms in total. The Labute approximate surface area is 195 Å². The van der Waals surface area contributed by atoms with Gasteiger partial charge >= 0.3 is 5.97 Å². The van der Waals surface area contributed by atoms with Crippen LogP contribution >= 0.6 is 23.2 Å². The maximum Gasteiger partial charge on any atom is 0.341 e. The zero-order valence-corrected chi connectivity index (χ0v) is 19.4. The van der Waals surface area contributed by atoms with Crippen molar-refractivity contribution >= 4 is 40.2 Å². The number of carbonyl (C=O) groups is 1. The van der Waals surface area contributed by atoms with Crippen LogP contribution in [0, 0.1) is 5.92 Å². The van der Waals surface area contributed by atoms with Gasteiger partial charge in [0, 0.05) is 11.8 Å². The maximum atomic E-state index is 12.9. The van der Waals surface area contributed by atoms with Gasteiger partial charge in [0.2, 0.25) is 11.3 Å². The number of benzene rings is 1. The van der Waals surface area contributed by atoms with Crippen molar-refractivity contribution in [1.29, 1.82) is 0 Å². The third-order valence-corrected chi connectivity index (χ3v) is 6.19. The number of nitrogens with zero attached hydrogens (tertiary/aromatic N) is 2. The molecule has 0 saturated carbocycles. The topological polar surface area (TPSA) is 102 Å². The minimum Gasteiger partial charge on any atom is -0.481 e. The van der Waals surface area contributed by atoms with E-state index in [0.717, 1.165) is 5.56 Å². The van der Waals surface area contributed by atoms with E-state index in [1.807, 2.05) is 19.9 Å². The van der Waals surface area contributed by atoms with E-state index < -0.39 is 17.4 Å². The number of aliphatic hydroxyl groups is 1. The van der Waals surface area contributed by atoms with E-state index in [9.17, 15) is 19.8 Å². The molecule has 2 heterocycles. The van der Waals surface area contributed by atoms with Gasteiger partial charge in [-0.1, -0.05) is 43.1 Å². The lowest BCUT2D eigenvalue weighted by Gasteiger charge is -2.24. The minimum absolute atomic E-state index is 0.0329. The largest absolute Gasteiger partial charge is 0.481 e. The molecule has 0 bridgehead atoms. The quantitative estimate of drug-likeness (QED) is 0.497. The predicted octanol–water partition coefficient (Wildman–Crippen LogP) is 4.38. The minimum atomic E-state index is -1.33. The number of aromatic nitrogens is 2. The number of hydrogen-bond acceptors (Lipinski definition) is 5. The third kappa shape index (κ3) is 4.75. The summed E-state index contributed by atoms with van der Waals surface area (Å²) < 4.78 is 7.03. The van der Waals surface area contributed by atoms with Gasteiger partial charge in [0.25, 0.3) is 0 Å². The van der Waals surface area contributed by atoms with E-state index in [4.69, 9.17) is 27.9 Å². The van der Waals surface area contributed by atoms with Gasteiger partial charge < -0.3 is 19.5 Å². The van der Waals surface area contributed by atoms with Crippen LogP contribution in [-0.2, 0) is 12.8 Å². The van der Waals surface area contributed by atoms with Crippen molar-refractivity contribution in [3.8, 4) is 5.88 Å². The second-order valence-corrected chi connectivity index (χ2v) is 8.67. The Morgan fingerprint density at radius 3 is 2.47 bits per heavy atom. The molecule has 0 aliphatic heterocycles. The normalized spacial score (nSPS) is 12.3. The molecule has 1 atom stereocenters. The van der Waals surface area contributed by atoms with Crippen LogP contribution in [0.5, 0.6) is 5.88 Å². The van der Waals surface area contributed by atoms with Gasteiger partial charge in [0.1, 0.15) is 11.2 Å². The lowest BCUT2D eigenvalue weighted by atomic mass is 10.0. The first-order chi connectivity index (χ1) is 15.2. The molecule has 170 valence electrons. The van der Waals surface area contributed by atoms with Crippen molar-refractivity contribution in [2.24, 2.45) is 5.92 Å². The number of rotatable bonds is 8. The third-order valence-electron chi connectivity index (χ3n) is 5.45. The molecule has 3 rings (SSSR count). The zero-order chi connectivity index (χ0) is 23.6. The van der Waals surface area contributed by atoms with Gasteiger partial charge in [-0.05, 0) is 42.5 Å². The van der Waals surface area contributed by atoms with Crippen LogP contribution in [0.4, 0.5) is 0 Å². The summed E-state index contributed by atoms with van der Waals surface area (Å²) in [6.45, 7) is 3.56. The highest BCUT2D eigenvalue weighted by molar-refractivity contribution is 6.42. The van der Waals surface area contributed by atoms with Crippen LogP contribution in [0.3, 0.4) is 0 Å². The average Bonchev–Trinajstić information content (AvgIpc) is 2.75. The molecule has 0 spiro atoms. The van der Waals surface area contributed by atoms with E-state index in [1.165, 1.54) is 13.3 Å². The Bertz CT molecular complexity index is 1220. The number of pyridine rings is 2. The lowest BCUT2D eigenvalue weighted by Crippen LogP contribution is -2.26. The zero-order valence-electron chi connectivity index (χ0n) is 17.9. The number of aliphatic hydroxyl groups excluding tert-OH is 1. The van der Waals surface area contributed by atoms with Crippen molar-refractivity contribution in [2.45, 2.75) is 32.7 Å². The van der Waals surface area contributed by atoms with E-state index >= 15 is 0 Å². The second-order valence-electron chi connectivity index (χ2n) is 7.85. The molecule has 2 N–H and O–H groups in total. The van der Waals surface area contributed by atoms with Crippen molar-refractivity contribution in [3.63, 3.8) is 0 Å². The Balaban J connectivity index is 2.16. The smallest absolute Gasteiger partial charge is 0.341 e. The van der Waals surface area contributed by atoms with E-state index in [1.54, 1.807) is 22.8 Å². The van der Waals surface area contributed by atoms with Crippen molar-refractivity contribution in [2.75, 3.05) is 13.7 Å². The molecule has 9 heteroatoms. The maximum absolute atomic E-state index is 12.9. The number of ether oxygens (including phenoxy) is 1. The van der Waals surface area contributed by atoms with Crippen molar-refractivity contribution in [3.05, 3.63) is 67.4 Å². The average molecular weight is 479 g/mol. The Kier molecular flexibility index (Phi) is 7.44. The van der Waals surface area contributed by atoms with Crippen LogP contribution in [0.15, 0.2) is 35.3 Å². The first-order valence-electron chi connectivity index (χ1n) is 10.1. The molecule has 32 heavy (non-hydrogen) atoms. The second kappa shape index (κ2) is 9.90. The number of hydrogen-bond donors (Lipinski definition) is 2. The van der Waals surface area contributed by atoms with Crippen LogP contribution < -0.4 is 10.2 Å². The van der Waals surface area contributed by atoms with Gasteiger partial charge in [-0.15, -0.1) is 0 Å². The highest BCUT2D eigenvalue weighted by Gasteiger charge is 2.23. The summed E-state index contributed by atoms with van der Waals surface area (Å²) in [6, 6.07) is 6.51. The van der Waals surface area contributed by atoms with Gasteiger partial charge in [-0.2, -0.15) is 4.98 Å². The number of aryl methyl sites for hydroxylation is 2. The summed E-state index contributed by atoms with van der Waals surface area (Å²) in [4.78, 5) is 29.2. The summed E-state index contributed by atoms with van der Waals surface area (Å²) >= 11 is 12.1. The molecule has 0 fully saturated rings. The highest BCUT2D eigenvalue weighted by atomic mass is 35.5. The predicted molar refractivity (Wildman–Crippen MR) is 124 cm³/mol. The fourth-order valence-corrected chi connectivity index (χ4v) is 3.97.